The van der Waals surface area contributed by atoms with Gasteiger partial charge in [0.2, 0.25) is 0 Å². The molecule has 3 nitrogen and oxygen atoms in total. The Hall–Kier alpha value is -1.37. The minimum Gasteiger partial charge on any atom is -0.385 e. The van der Waals surface area contributed by atoms with Crippen LogP contribution in [0.5, 0.6) is 5.88 Å². The summed E-state index contributed by atoms with van der Waals surface area (Å²) >= 11 is 0. The van der Waals surface area contributed by atoms with Gasteiger partial charge < -0.3 is 10.5 Å². The molecule has 1 aromatic rings. The van der Waals surface area contributed by atoms with Gasteiger partial charge in [0.05, 0.1) is 0 Å². The van der Waals surface area contributed by atoms with E-state index in [1.165, 1.54) is 0 Å². The van der Waals surface area contributed by atoms with E-state index in [2.05, 4.69) is 9.72 Å². The van der Waals surface area contributed by atoms with Crippen LogP contribution < -0.4 is 10.5 Å². The SMILES string of the molecule is NCc1cnc(OC(F)(F)F)c(F)c1. The van der Waals surface area contributed by atoms with Gasteiger partial charge in [-0.25, -0.2) is 9.37 Å². The molecule has 0 saturated heterocycles. The standard InChI is InChI=1S/C7H6F4N2O/c8-5-1-4(2-12)3-13-6(5)14-7(9,10)11/h1,3H,2,12H2. The van der Waals surface area contributed by atoms with Crippen molar-refractivity contribution in [1.29, 1.82) is 0 Å². The van der Waals surface area contributed by atoms with Gasteiger partial charge in [0.1, 0.15) is 0 Å². The summed E-state index contributed by atoms with van der Waals surface area (Å²) in [7, 11) is 0. The van der Waals surface area contributed by atoms with Gasteiger partial charge in [0.25, 0.3) is 5.88 Å². The minimum absolute atomic E-state index is 0.00375. The van der Waals surface area contributed by atoms with E-state index in [1.54, 1.807) is 0 Å². The molecule has 0 aromatic carbocycles. The Morgan fingerprint density at radius 3 is 2.50 bits per heavy atom. The van der Waals surface area contributed by atoms with Crippen molar-refractivity contribution in [2.75, 3.05) is 0 Å². The molecule has 0 fully saturated rings. The fourth-order valence-corrected chi connectivity index (χ4v) is 0.761. The highest BCUT2D eigenvalue weighted by atomic mass is 19.4. The third-order valence-electron chi connectivity index (χ3n) is 1.31. The average Bonchev–Trinajstić information content (AvgIpc) is 2.06. The molecule has 2 N–H and O–H groups in total. The van der Waals surface area contributed by atoms with Crippen LogP contribution in [0.1, 0.15) is 5.56 Å². The molecule has 0 atom stereocenters. The summed E-state index contributed by atoms with van der Waals surface area (Å²) in [6, 6.07) is 0.841. The van der Waals surface area contributed by atoms with Gasteiger partial charge in [0.15, 0.2) is 5.82 Å². The van der Waals surface area contributed by atoms with E-state index in [9.17, 15) is 17.6 Å². The molecule has 14 heavy (non-hydrogen) atoms. The Morgan fingerprint density at radius 2 is 2.07 bits per heavy atom. The number of pyridine rings is 1. The first-order valence-electron chi connectivity index (χ1n) is 3.52. The fraction of sp³-hybridized carbons (Fsp3) is 0.286. The topological polar surface area (TPSA) is 48.1 Å². The van der Waals surface area contributed by atoms with Crippen molar-refractivity contribution in [3.8, 4) is 5.88 Å². The van der Waals surface area contributed by atoms with Gasteiger partial charge in [-0.15, -0.1) is 13.2 Å². The predicted octanol–water partition coefficient (Wildman–Crippen LogP) is 1.58. The van der Waals surface area contributed by atoms with E-state index < -0.39 is 18.1 Å². The van der Waals surface area contributed by atoms with Crippen LogP contribution in [0, 0.1) is 5.82 Å². The van der Waals surface area contributed by atoms with Gasteiger partial charge in [-0.3, -0.25) is 0 Å². The maximum absolute atomic E-state index is 12.8. The number of hydrogen-bond donors (Lipinski definition) is 1. The van der Waals surface area contributed by atoms with E-state index in [4.69, 9.17) is 5.73 Å². The first kappa shape index (κ1) is 10.7. The smallest absolute Gasteiger partial charge is 0.385 e. The summed E-state index contributed by atoms with van der Waals surface area (Å²) < 4.78 is 51.1. The van der Waals surface area contributed by atoms with E-state index >= 15 is 0 Å². The normalized spacial score (nSPS) is 11.5. The summed E-state index contributed by atoms with van der Waals surface area (Å²) in [5.41, 5.74) is 5.42. The molecule has 7 heteroatoms. The lowest BCUT2D eigenvalue weighted by Crippen LogP contribution is -2.19. The van der Waals surface area contributed by atoms with Crippen LogP contribution in [0.15, 0.2) is 12.3 Å². The quantitative estimate of drug-likeness (QED) is 0.754. The monoisotopic (exact) mass is 210 g/mol. The summed E-state index contributed by atoms with van der Waals surface area (Å²) in [4.78, 5) is 3.14. The number of alkyl halides is 3. The maximum atomic E-state index is 12.8. The Bertz CT molecular complexity index is 326. The van der Waals surface area contributed by atoms with Crippen molar-refractivity contribution < 1.29 is 22.3 Å². The van der Waals surface area contributed by atoms with Crippen LogP contribution in [-0.2, 0) is 6.54 Å². The van der Waals surface area contributed by atoms with Crippen LogP contribution in [0.3, 0.4) is 0 Å². The molecule has 0 unspecified atom stereocenters. The molecule has 0 amide bonds. The zero-order chi connectivity index (χ0) is 10.8. The van der Waals surface area contributed by atoms with Gasteiger partial charge in [0, 0.05) is 12.7 Å². The summed E-state index contributed by atoms with van der Waals surface area (Å²) in [6.45, 7) is -0.00375. The Kier molecular flexibility index (Phi) is 2.90. The number of ether oxygens (including phenoxy) is 1. The van der Waals surface area contributed by atoms with Crippen LogP contribution in [0.4, 0.5) is 17.6 Å². The van der Waals surface area contributed by atoms with Crippen molar-refractivity contribution >= 4 is 0 Å². The first-order valence-corrected chi connectivity index (χ1v) is 3.52. The second-order valence-corrected chi connectivity index (χ2v) is 2.38. The Balaban J connectivity index is 2.89. The van der Waals surface area contributed by atoms with Gasteiger partial charge in [-0.1, -0.05) is 0 Å². The highest BCUT2D eigenvalue weighted by Gasteiger charge is 2.33. The molecule has 1 aromatic heterocycles. The second-order valence-electron chi connectivity index (χ2n) is 2.38. The van der Waals surface area contributed by atoms with E-state index in [0.717, 1.165) is 12.3 Å². The third-order valence-corrected chi connectivity index (χ3v) is 1.31. The second kappa shape index (κ2) is 3.79. The third kappa shape index (κ3) is 2.84. The van der Waals surface area contributed by atoms with Gasteiger partial charge in [-0.05, 0) is 11.6 Å². The van der Waals surface area contributed by atoms with Gasteiger partial charge in [-0.2, -0.15) is 0 Å². The summed E-state index contributed by atoms with van der Waals surface area (Å²) in [5, 5.41) is 0. The number of hydrogen-bond acceptors (Lipinski definition) is 3. The van der Waals surface area contributed by atoms with Gasteiger partial charge >= 0.3 is 6.36 Å². The molecule has 1 heterocycles. The van der Waals surface area contributed by atoms with Crippen LogP contribution in [0.25, 0.3) is 0 Å². The lowest BCUT2D eigenvalue weighted by atomic mass is 10.3. The maximum Gasteiger partial charge on any atom is 0.574 e. The van der Waals surface area contributed by atoms with E-state index in [1.807, 2.05) is 0 Å². The first-order chi connectivity index (χ1) is 6.42. The molecular weight excluding hydrogens is 204 g/mol. The minimum atomic E-state index is -4.95. The number of nitrogens with zero attached hydrogens (tertiary/aromatic N) is 1. The lowest BCUT2D eigenvalue weighted by Gasteiger charge is -2.08. The molecule has 0 saturated carbocycles. The van der Waals surface area contributed by atoms with Crippen molar-refractivity contribution in [2.45, 2.75) is 12.9 Å². The molecule has 0 bridgehead atoms. The zero-order valence-electron chi connectivity index (χ0n) is 6.81. The number of halogens is 4. The highest BCUT2D eigenvalue weighted by molar-refractivity contribution is 5.20. The van der Waals surface area contributed by atoms with Crippen LogP contribution in [0.2, 0.25) is 0 Å². The average molecular weight is 210 g/mol. The molecule has 0 radical (unpaired) electrons. The molecule has 0 spiro atoms. The lowest BCUT2D eigenvalue weighted by molar-refractivity contribution is -0.277. The molecule has 0 aliphatic heterocycles. The van der Waals surface area contributed by atoms with Crippen molar-refractivity contribution in [1.82, 2.24) is 4.98 Å². The van der Waals surface area contributed by atoms with Crippen molar-refractivity contribution in [2.24, 2.45) is 5.73 Å². The Labute approximate surface area is 76.5 Å². The van der Waals surface area contributed by atoms with Crippen LogP contribution >= 0.6 is 0 Å². The Morgan fingerprint density at radius 1 is 1.43 bits per heavy atom. The van der Waals surface area contributed by atoms with E-state index in [0.29, 0.717) is 0 Å². The molecule has 1 rings (SSSR count). The summed E-state index contributed by atoms with van der Waals surface area (Å²) in [6.07, 6.45) is -3.93. The number of aromatic nitrogens is 1. The molecule has 0 aliphatic carbocycles. The van der Waals surface area contributed by atoms with Crippen LogP contribution in [-0.4, -0.2) is 11.3 Å². The largest absolute Gasteiger partial charge is 0.574 e. The summed E-state index contributed by atoms with van der Waals surface area (Å²) in [5.74, 6) is -2.29. The number of rotatable bonds is 2. The van der Waals surface area contributed by atoms with Crippen molar-refractivity contribution in [3.05, 3.63) is 23.6 Å². The fourth-order valence-electron chi connectivity index (χ4n) is 0.761. The molecule has 0 aliphatic rings. The van der Waals surface area contributed by atoms with Crippen molar-refractivity contribution in [3.63, 3.8) is 0 Å². The zero-order valence-corrected chi connectivity index (χ0v) is 6.81. The molecule has 78 valence electrons. The molecular formula is C7H6F4N2O. The van der Waals surface area contributed by atoms with E-state index in [-0.39, 0.29) is 12.1 Å². The highest BCUT2D eigenvalue weighted by Crippen LogP contribution is 2.23. The predicted molar refractivity (Wildman–Crippen MR) is 38.8 cm³/mol. The number of nitrogens with two attached hydrogens (primary N) is 1.